The van der Waals surface area contributed by atoms with Gasteiger partial charge in [-0.05, 0) is 58.0 Å². The van der Waals surface area contributed by atoms with Gasteiger partial charge in [-0.3, -0.25) is 4.79 Å². The van der Waals surface area contributed by atoms with Crippen molar-refractivity contribution in [1.29, 1.82) is 0 Å². The number of benzene rings is 2. The van der Waals surface area contributed by atoms with Crippen molar-refractivity contribution in [1.82, 2.24) is 5.32 Å². The first-order valence-corrected chi connectivity index (χ1v) is 11.9. The third-order valence-electron chi connectivity index (χ3n) is 5.04. The molecule has 8 heteroatoms. The molecular weight excluding hydrogens is 470 g/mol. The van der Waals surface area contributed by atoms with Crippen molar-refractivity contribution in [3.63, 3.8) is 0 Å². The molecule has 1 amide bonds. The highest BCUT2D eigenvalue weighted by Crippen LogP contribution is 2.41. The predicted octanol–water partition coefficient (Wildman–Crippen LogP) is 3.91. The number of amides is 1. The Morgan fingerprint density at radius 2 is 1.87 bits per heavy atom. The summed E-state index contributed by atoms with van der Waals surface area (Å²) >= 11 is 3.28. The first-order chi connectivity index (χ1) is 13.9. The molecule has 0 saturated heterocycles. The van der Waals surface area contributed by atoms with Crippen molar-refractivity contribution in [2.75, 3.05) is 13.2 Å². The van der Waals surface area contributed by atoms with Crippen LogP contribution in [0, 0.1) is 0 Å². The van der Waals surface area contributed by atoms with Gasteiger partial charge in [0.15, 0.2) is 21.3 Å². The first kappa shape index (κ1) is 22.6. The summed E-state index contributed by atoms with van der Waals surface area (Å²) in [5, 5.41) is 2.67. The van der Waals surface area contributed by atoms with Crippen LogP contribution in [0.3, 0.4) is 0 Å². The fraction of sp³-hybridized carbons (Fsp3) is 0.409. The highest BCUT2D eigenvalue weighted by atomic mass is 79.9. The number of hydrogen-bond acceptors (Lipinski definition) is 5. The van der Waals surface area contributed by atoms with Gasteiger partial charge in [-0.15, -0.1) is 0 Å². The smallest absolute Gasteiger partial charge is 0.241 e. The zero-order valence-electron chi connectivity index (χ0n) is 17.5. The second-order valence-electron chi connectivity index (χ2n) is 8.35. The summed E-state index contributed by atoms with van der Waals surface area (Å²) in [7, 11) is -3.86. The van der Waals surface area contributed by atoms with Crippen molar-refractivity contribution in [3.05, 3.63) is 52.5 Å². The minimum Gasteiger partial charge on any atom is -0.488 e. The topological polar surface area (TPSA) is 81.7 Å². The summed E-state index contributed by atoms with van der Waals surface area (Å²) in [6.07, 6.45) is 0.804. The number of ether oxygens (including phenoxy) is 2. The number of sulfone groups is 1. The van der Waals surface area contributed by atoms with Crippen LogP contribution in [0.1, 0.15) is 33.3 Å². The Bertz CT molecular complexity index is 1050. The number of fused-ring (bicyclic) bond motifs is 1. The van der Waals surface area contributed by atoms with E-state index in [-0.39, 0.29) is 23.6 Å². The summed E-state index contributed by atoms with van der Waals surface area (Å²) in [5.41, 5.74) is 0.810. The average Bonchev–Trinajstić information content (AvgIpc) is 2.99. The lowest BCUT2D eigenvalue weighted by Gasteiger charge is -2.24. The molecule has 3 rings (SSSR count). The van der Waals surface area contributed by atoms with Crippen LogP contribution in [0.25, 0.3) is 0 Å². The standard InChI is InChI=1S/C22H26BrNO5S/c1-21(2)14-15-6-5-7-18(19(15)29-21)28-13-12-24-20(25)22(3,4)30(26,27)17-10-8-16(23)9-11-17/h5-11H,12-14H2,1-4H3,(H,24,25). The minimum atomic E-state index is -3.86. The van der Waals surface area contributed by atoms with E-state index in [1.165, 1.54) is 26.0 Å². The number of nitrogens with one attached hydrogen (secondary N) is 1. The fourth-order valence-corrected chi connectivity index (χ4v) is 4.93. The van der Waals surface area contributed by atoms with E-state index in [9.17, 15) is 13.2 Å². The Hall–Kier alpha value is -2.06. The van der Waals surface area contributed by atoms with Crippen molar-refractivity contribution >= 4 is 31.7 Å². The minimum absolute atomic E-state index is 0.0988. The lowest BCUT2D eigenvalue weighted by atomic mass is 10.0. The van der Waals surface area contributed by atoms with Gasteiger partial charge in [0.2, 0.25) is 5.91 Å². The molecule has 2 aromatic carbocycles. The predicted molar refractivity (Wildman–Crippen MR) is 119 cm³/mol. The number of halogens is 1. The third kappa shape index (κ3) is 4.49. The van der Waals surface area contributed by atoms with Crippen LogP contribution in [0.15, 0.2) is 51.8 Å². The first-order valence-electron chi connectivity index (χ1n) is 9.66. The van der Waals surface area contributed by atoms with Gasteiger partial charge in [-0.2, -0.15) is 0 Å². The molecule has 6 nitrogen and oxygen atoms in total. The molecule has 0 spiro atoms. The van der Waals surface area contributed by atoms with Gasteiger partial charge in [0.25, 0.3) is 0 Å². The Balaban J connectivity index is 1.60. The van der Waals surface area contributed by atoms with Gasteiger partial charge >= 0.3 is 0 Å². The molecule has 2 aromatic rings. The van der Waals surface area contributed by atoms with Crippen LogP contribution in [0.4, 0.5) is 0 Å². The van der Waals surface area contributed by atoms with Crippen LogP contribution in [-0.4, -0.2) is 37.8 Å². The number of carbonyl (C=O) groups excluding carboxylic acids is 1. The van der Waals surface area contributed by atoms with Crippen molar-refractivity contribution in [2.24, 2.45) is 0 Å². The Morgan fingerprint density at radius 1 is 1.20 bits per heavy atom. The van der Waals surface area contributed by atoms with E-state index in [1.807, 2.05) is 32.0 Å². The quantitative estimate of drug-likeness (QED) is 0.588. The van der Waals surface area contributed by atoms with Gasteiger partial charge in [-0.25, -0.2) is 8.42 Å². The molecule has 1 aliphatic heterocycles. The average molecular weight is 496 g/mol. The van der Waals surface area contributed by atoms with E-state index < -0.39 is 20.5 Å². The van der Waals surface area contributed by atoms with E-state index in [4.69, 9.17) is 9.47 Å². The molecule has 0 bridgehead atoms. The number of carbonyl (C=O) groups is 1. The van der Waals surface area contributed by atoms with E-state index in [1.54, 1.807) is 12.1 Å². The maximum atomic E-state index is 12.9. The molecule has 0 aliphatic carbocycles. The second-order valence-corrected chi connectivity index (χ2v) is 11.8. The molecule has 0 saturated carbocycles. The summed E-state index contributed by atoms with van der Waals surface area (Å²) in [6.45, 7) is 7.21. The monoisotopic (exact) mass is 495 g/mol. The fourth-order valence-electron chi connectivity index (χ4n) is 3.27. The molecule has 162 valence electrons. The van der Waals surface area contributed by atoms with Crippen LogP contribution in [-0.2, 0) is 21.1 Å². The normalized spacial score (nSPS) is 15.2. The molecule has 0 unspecified atom stereocenters. The molecule has 0 atom stereocenters. The van der Waals surface area contributed by atoms with E-state index in [0.717, 1.165) is 22.2 Å². The lowest BCUT2D eigenvalue weighted by Crippen LogP contribution is -2.48. The van der Waals surface area contributed by atoms with Gasteiger partial charge in [0.05, 0.1) is 11.4 Å². The summed E-state index contributed by atoms with van der Waals surface area (Å²) in [6, 6.07) is 12.0. The summed E-state index contributed by atoms with van der Waals surface area (Å²) in [4.78, 5) is 12.8. The molecule has 30 heavy (non-hydrogen) atoms. The largest absolute Gasteiger partial charge is 0.488 e. The molecule has 0 radical (unpaired) electrons. The number of rotatable bonds is 7. The van der Waals surface area contributed by atoms with Gasteiger partial charge in [-0.1, -0.05) is 28.1 Å². The summed E-state index contributed by atoms with van der Waals surface area (Å²) in [5.74, 6) is 0.769. The molecule has 1 heterocycles. The van der Waals surface area contributed by atoms with Crippen LogP contribution < -0.4 is 14.8 Å². The maximum absolute atomic E-state index is 12.9. The Morgan fingerprint density at radius 3 is 2.53 bits per heavy atom. The van der Waals surface area contributed by atoms with E-state index >= 15 is 0 Å². The molecule has 1 aliphatic rings. The van der Waals surface area contributed by atoms with Crippen LogP contribution in [0.5, 0.6) is 11.5 Å². The number of hydrogen-bond donors (Lipinski definition) is 1. The molecule has 0 fully saturated rings. The van der Waals surface area contributed by atoms with Gasteiger partial charge in [0, 0.05) is 16.5 Å². The SMILES string of the molecule is CC1(C)Cc2cccc(OCCNC(=O)C(C)(C)S(=O)(=O)c3ccc(Br)cc3)c2O1. The van der Waals surface area contributed by atoms with E-state index in [2.05, 4.69) is 21.2 Å². The Labute approximate surface area is 186 Å². The molecular formula is C22H26BrNO5S. The van der Waals surface area contributed by atoms with Gasteiger partial charge in [0.1, 0.15) is 17.0 Å². The Kier molecular flexibility index (Phi) is 6.20. The van der Waals surface area contributed by atoms with Crippen LogP contribution in [0.2, 0.25) is 0 Å². The van der Waals surface area contributed by atoms with Gasteiger partial charge < -0.3 is 14.8 Å². The third-order valence-corrected chi connectivity index (χ3v) is 7.99. The van der Waals surface area contributed by atoms with Crippen molar-refractivity contribution in [2.45, 2.75) is 49.4 Å². The zero-order valence-corrected chi connectivity index (χ0v) is 19.9. The number of para-hydroxylation sites is 1. The van der Waals surface area contributed by atoms with Crippen molar-refractivity contribution < 1.29 is 22.7 Å². The second kappa shape index (κ2) is 8.23. The zero-order chi connectivity index (χ0) is 22.2. The lowest BCUT2D eigenvalue weighted by molar-refractivity contribution is -0.122. The van der Waals surface area contributed by atoms with Crippen LogP contribution >= 0.6 is 15.9 Å². The van der Waals surface area contributed by atoms with Crippen molar-refractivity contribution in [3.8, 4) is 11.5 Å². The maximum Gasteiger partial charge on any atom is 0.241 e. The highest BCUT2D eigenvalue weighted by Gasteiger charge is 2.42. The summed E-state index contributed by atoms with van der Waals surface area (Å²) < 4.78 is 36.8. The molecule has 0 aromatic heterocycles. The highest BCUT2D eigenvalue weighted by molar-refractivity contribution is 9.10. The van der Waals surface area contributed by atoms with E-state index in [0.29, 0.717) is 5.75 Å². The molecule has 1 N–H and O–H groups in total.